The predicted molar refractivity (Wildman–Crippen MR) is 69.2 cm³/mol. The number of ether oxygens (including phenoxy) is 1. The van der Waals surface area contributed by atoms with E-state index >= 15 is 0 Å². The highest BCUT2D eigenvalue weighted by atomic mass is 16.5. The summed E-state index contributed by atoms with van der Waals surface area (Å²) < 4.78 is 5.14. The van der Waals surface area contributed by atoms with E-state index in [2.05, 4.69) is 15.3 Å². The molecule has 2 heterocycles. The number of aromatic amines is 1. The fourth-order valence-electron chi connectivity index (χ4n) is 2.25. The fraction of sp³-hybridized carbons (Fsp3) is 0.583. The standard InChI is InChI=1S/C12H18N4O4/c1-20-8-6-9(11(17)18)16(7-8)12(19)15-3-2-10-13-4-5-14-10/h4-5,8-9H,2-3,6-7H2,1H3,(H,13,14)(H,15,19)(H,17,18). The zero-order valence-electron chi connectivity index (χ0n) is 11.2. The number of rotatable bonds is 5. The fourth-order valence-corrected chi connectivity index (χ4v) is 2.25. The first-order valence-corrected chi connectivity index (χ1v) is 6.40. The van der Waals surface area contributed by atoms with Crippen molar-refractivity contribution >= 4 is 12.0 Å². The van der Waals surface area contributed by atoms with Gasteiger partial charge in [-0.2, -0.15) is 0 Å². The van der Waals surface area contributed by atoms with Crippen LogP contribution in [0.1, 0.15) is 12.2 Å². The average molecular weight is 282 g/mol. The van der Waals surface area contributed by atoms with Crippen LogP contribution in [-0.4, -0.2) is 64.3 Å². The van der Waals surface area contributed by atoms with E-state index in [9.17, 15) is 9.59 Å². The Morgan fingerprint density at radius 2 is 2.45 bits per heavy atom. The first kappa shape index (κ1) is 14.3. The van der Waals surface area contributed by atoms with Crippen molar-refractivity contribution < 1.29 is 19.4 Å². The summed E-state index contributed by atoms with van der Waals surface area (Å²) in [5.74, 6) is -0.234. The van der Waals surface area contributed by atoms with Crippen molar-refractivity contribution in [3.8, 4) is 0 Å². The zero-order valence-corrected chi connectivity index (χ0v) is 11.2. The molecule has 1 aromatic rings. The molecule has 1 aliphatic rings. The third-order valence-electron chi connectivity index (χ3n) is 3.33. The molecular weight excluding hydrogens is 264 g/mol. The van der Waals surface area contributed by atoms with Gasteiger partial charge in [0.25, 0.3) is 0 Å². The third-order valence-corrected chi connectivity index (χ3v) is 3.33. The van der Waals surface area contributed by atoms with Crippen molar-refractivity contribution in [1.29, 1.82) is 0 Å². The zero-order chi connectivity index (χ0) is 14.5. The Morgan fingerprint density at radius 3 is 3.05 bits per heavy atom. The van der Waals surface area contributed by atoms with Gasteiger partial charge in [-0.25, -0.2) is 14.6 Å². The van der Waals surface area contributed by atoms with Gasteiger partial charge in [-0.3, -0.25) is 0 Å². The van der Waals surface area contributed by atoms with Crippen LogP contribution in [0, 0.1) is 0 Å². The largest absolute Gasteiger partial charge is 0.480 e. The number of carbonyl (C=O) groups excluding carboxylic acids is 1. The topological polar surface area (TPSA) is 108 Å². The van der Waals surface area contributed by atoms with E-state index in [1.807, 2.05) is 0 Å². The maximum Gasteiger partial charge on any atom is 0.326 e. The minimum absolute atomic E-state index is 0.230. The van der Waals surface area contributed by atoms with Crippen molar-refractivity contribution in [1.82, 2.24) is 20.2 Å². The van der Waals surface area contributed by atoms with Crippen LogP contribution in [0.5, 0.6) is 0 Å². The van der Waals surface area contributed by atoms with Crippen LogP contribution in [0.4, 0.5) is 4.79 Å². The molecule has 0 aliphatic carbocycles. The Balaban J connectivity index is 1.85. The lowest BCUT2D eigenvalue weighted by atomic mass is 10.2. The number of carbonyl (C=O) groups is 2. The van der Waals surface area contributed by atoms with E-state index in [1.54, 1.807) is 12.4 Å². The number of hydrogen-bond acceptors (Lipinski definition) is 4. The number of aliphatic carboxylic acids is 1. The van der Waals surface area contributed by atoms with E-state index < -0.39 is 12.0 Å². The van der Waals surface area contributed by atoms with E-state index in [4.69, 9.17) is 9.84 Å². The average Bonchev–Trinajstić information content (AvgIpc) is 3.07. The van der Waals surface area contributed by atoms with Crippen molar-refractivity contribution in [2.75, 3.05) is 20.2 Å². The predicted octanol–water partition coefficient (Wildman–Crippen LogP) is -0.164. The Morgan fingerprint density at radius 1 is 1.65 bits per heavy atom. The summed E-state index contributed by atoms with van der Waals surface area (Å²) in [6, 6.07) is -1.22. The van der Waals surface area contributed by atoms with Crippen molar-refractivity contribution in [3.63, 3.8) is 0 Å². The molecular formula is C12H18N4O4. The van der Waals surface area contributed by atoms with Crippen LogP contribution in [0.3, 0.4) is 0 Å². The molecule has 0 bridgehead atoms. The van der Waals surface area contributed by atoms with Crippen LogP contribution in [-0.2, 0) is 16.0 Å². The normalized spacial score (nSPS) is 21.9. The van der Waals surface area contributed by atoms with E-state index in [0.29, 0.717) is 25.9 Å². The number of likely N-dealkylation sites (tertiary alicyclic amines) is 1. The van der Waals surface area contributed by atoms with Gasteiger partial charge in [0.15, 0.2) is 0 Å². The number of carboxylic acids is 1. The Kier molecular flexibility index (Phi) is 4.57. The smallest absolute Gasteiger partial charge is 0.326 e. The molecule has 0 saturated carbocycles. The third kappa shape index (κ3) is 3.27. The van der Waals surface area contributed by atoms with Gasteiger partial charge in [0, 0.05) is 45.4 Å². The minimum atomic E-state index is -1.01. The molecule has 1 aliphatic heterocycles. The van der Waals surface area contributed by atoms with Gasteiger partial charge < -0.3 is 25.0 Å². The summed E-state index contributed by atoms with van der Waals surface area (Å²) in [6.07, 6.45) is 4.00. The molecule has 1 saturated heterocycles. The van der Waals surface area contributed by atoms with Gasteiger partial charge in [0.1, 0.15) is 11.9 Å². The molecule has 0 radical (unpaired) electrons. The summed E-state index contributed by atoms with van der Waals surface area (Å²) in [4.78, 5) is 31.4. The van der Waals surface area contributed by atoms with Crippen LogP contribution >= 0.6 is 0 Å². The second kappa shape index (κ2) is 6.38. The highest BCUT2D eigenvalue weighted by molar-refractivity contribution is 5.83. The molecule has 20 heavy (non-hydrogen) atoms. The van der Waals surface area contributed by atoms with Crippen LogP contribution < -0.4 is 5.32 Å². The number of H-pyrrole nitrogens is 1. The van der Waals surface area contributed by atoms with E-state index in [0.717, 1.165) is 5.82 Å². The molecule has 3 N–H and O–H groups in total. The van der Waals surface area contributed by atoms with Crippen LogP contribution in [0.15, 0.2) is 12.4 Å². The Bertz CT molecular complexity index is 462. The second-order valence-electron chi connectivity index (χ2n) is 4.62. The van der Waals surface area contributed by atoms with E-state index in [-0.39, 0.29) is 12.1 Å². The number of carboxylic acid groups (broad SMARTS) is 1. The number of nitrogens with one attached hydrogen (secondary N) is 2. The number of nitrogens with zero attached hydrogens (tertiary/aromatic N) is 2. The number of imidazole rings is 1. The molecule has 0 aromatic carbocycles. The highest BCUT2D eigenvalue weighted by Crippen LogP contribution is 2.20. The first-order valence-electron chi connectivity index (χ1n) is 6.40. The second-order valence-corrected chi connectivity index (χ2v) is 4.62. The summed E-state index contributed by atoms with van der Waals surface area (Å²) in [7, 11) is 1.52. The van der Waals surface area contributed by atoms with Gasteiger partial charge in [-0.1, -0.05) is 0 Å². The monoisotopic (exact) mass is 282 g/mol. The van der Waals surface area contributed by atoms with Crippen LogP contribution in [0.25, 0.3) is 0 Å². The number of hydrogen-bond donors (Lipinski definition) is 3. The number of aromatic nitrogens is 2. The highest BCUT2D eigenvalue weighted by Gasteiger charge is 2.39. The maximum atomic E-state index is 12.0. The summed E-state index contributed by atoms with van der Waals surface area (Å²) in [5, 5.41) is 11.8. The molecule has 2 amide bonds. The van der Waals surface area contributed by atoms with Gasteiger partial charge in [-0.05, 0) is 0 Å². The maximum absolute atomic E-state index is 12.0. The molecule has 8 heteroatoms. The lowest BCUT2D eigenvalue weighted by Crippen LogP contribution is -2.46. The molecule has 2 atom stereocenters. The lowest BCUT2D eigenvalue weighted by molar-refractivity contribution is -0.141. The summed E-state index contributed by atoms with van der Waals surface area (Å²) in [6.45, 7) is 0.687. The SMILES string of the molecule is COC1CC(C(=O)O)N(C(=O)NCCc2ncc[nH]2)C1. The molecule has 2 unspecified atom stereocenters. The molecule has 1 fully saturated rings. The number of amides is 2. The van der Waals surface area contributed by atoms with Gasteiger partial charge >= 0.3 is 12.0 Å². The van der Waals surface area contributed by atoms with Gasteiger partial charge in [0.2, 0.25) is 0 Å². The first-order chi connectivity index (χ1) is 9.61. The minimum Gasteiger partial charge on any atom is -0.480 e. The van der Waals surface area contributed by atoms with Crippen molar-refractivity contribution in [3.05, 3.63) is 18.2 Å². The lowest BCUT2D eigenvalue weighted by Gasteiger charge is -2.21. The summed E-state index contributed by atoms with van der Waals surface area (Å²) >= 11 is 0. The number of urea groups is 1. The Labute approximate surface area is 116 Å². The molecule has 110 valence electrons. The van der Waals surface area contributed by atoms with E-state index in [1.165, 1.54) is 12.0 Å². The molecule has 1 aromatic heterocycles. The van der Waals surface area contributed by atoms with Gasteiger partial charge in [0.05, 0.1) is 6.10 Å². The molecule has 2 rings (SSSR count). The quantitative estimate of drug-likeness (QED) is 0.695. The van der Waals surface area contributed by atoms with Crippen LogP contribution in [0.2, 0.25) is 0 Å². The van der Waals surface area contributed by atoms with Gasteiger partial charge in [-0.15, -0.1) is 0 Å². The summed E-state index contributed by atoms with van der Waals surface area (Å²) in [5.41, 5.74) is 0. The van der Waals surface area contributed by atoms with Crippen molar-refractivity contribution in [2.24, 2.45) is 0 Å². The molecule has 8 nitrogen and oxygen atoms in total. The van der Waals surface area contributed by atoms with Crippen molar-refractivity contribution in [2.45, 2.75) is 25.0 Å². The number of methoxy groups -OCH3 is 1. The molecule has 0 spiro atoms. The Hall–Kier alpha value is -2.09.